The van der Waals surface area contributed by atoms with Crippen LogP contribution in [0.25, 0.3) is 11.0 Å². The fourth-order valence-electron chi connectivity index (χ4n) is 1.12. The number of anilines is 1. The summed E-state index contributed by atoms with van der Waals surface area (Å²) in [5.41, 5.74) is 1.99. The molecule has 0 saturated carbocycles. The maximum Gasteiger partial charge on any atom is 0.205 e. The first-order valence-corrected chi connectivity index (χ1v) is 3.72. The van der Waals surface area contributed by atoms with Crippen LogP contribution < -0.4 is 5.32 Å². The van der Waals surface area contributed by atoms with Crippen molar-refractivity contribution in [2.45, 2.75) is 0 Å². The maximum absolute atomic E-state index is 4.26. The van der Waals surface area contributed by atoms with Gasteiger partial charge in [-0.2, -0.15) is 0 Å². The van der Waals surface area contributed by atoms with E-state index in [1.165, 1.54) is 0 Å². The average Bonchev–Trinajstić information content (AvgIpc) is 2.47. The smallest absolute Gasteiger partial charge is 0.205 e. The third-order valence-corrected chi connectivity index (χ3v) is 1.63. The molecule has 3 nitrogen and oxygen atoms in total. The minimum absolute atomic E-state index is 0.728. The lowest BCUT2D eigenvalue weighted by Crippen LogP contribution is -1.86. The molecule has 12 heavy (non-hydrogen) atoms. The van der Waals surface area contributed by atoms with Crippen LogP contribution in [0.15, 0.2) is 37.0 Å². The summed E-state index contributed by atoms with van der Waals surface area (Å²) < 4.78 is 0. The van der Waals surface area contributed by atoms with Gasteiger partial charge < -0.3 is 10.3 Å². The Labute approximate surface area is 70.1 Å². The van der Waals surface area contributed by atoms with E-state index in [1.807, 2.05) is 24.3 Å². The lowest BCUT2D eigenvalue weighted by Gasteiger charge is -1.88. The van der Waals surface area contributed by atoms with Gasteiger partial charge in [0.25, 0.3) is 0 Å². The molecule has 0 aliphatic carbocycles. The van der Waals surface area contributed by atoms with E-state index in [4.69, 9.17) is 0 Å². The number of nitrogens with zero attached hydrogens (tertiary/aromatic N) is 1. The van der Waals surface area contributed by atoms with Gasteiger partial charge in [0.2, 0.25) is 5.95 Å². The Morgan fingerprint density at radius 3 is 3.00 bits per heavy atom. The zero-order valence-corrected chi connectivity index (χ0v) is 6.54. The molecule has 0 fully saturated rings. The Balaban J connectivity index is 2.54. The van der Waals surface area contributed by atoms with Gasteiger partial charge in [0.05, 0.1) is 11.0 Å². The maximum atomic E-state index is 4.26. The number of fused-ring (bicyclic) bond motifs is 1. The molecule has 0 amide bonds. The number of nitrogens with one attached hydrogen (secondary N) is 2. The highest BCUT2D eigenvalue weighted by molar-refractivity contribution is 5.77. The van der Waals surface area contributed by atoms with E-state index in [-0.39, 0.29) is 0 Å². The molecular weight excluding hydrogens is 150 g/mol. The van der Waals surface area contributed by atoms with Crippen molar-refractivity contribution in [3.8, 4) is 0 Å². The molecule has 2 rings (SSSR count). The predicted molar refractivity (Wildman–Crippen MR) is 49.9 cm³/mol. The van der Waals surface area contributed by atoms with Gasteiger partial charge in [-0.05, 0) is 18.3 Å². The Morgan fingerprint density at radius 1 is 1.42 bits per heavy atom. The van der Waals surface area contributed by atoms with Crippen LogP contribution >= 0.6 is 0 Å². The standard InChI is InChI=1S/C9H9N3/c1-2-10-9-11-7-5-3-4-6-8(7)12-9/h2-6H,1H2,(H2,10,11,12). The average molecular weight is 159 g/mol. The van der Waals surface area contributed by atoms with E-state index in [1.54, 1.807) is 6.20 Å². The summed E-state index contributed by atoms with van der Waals surface area (Å²) in [6.45, 7) is 3.56. The number of benzene rings is 1. The van der Waals surface area contributed by atoms with Crippen molar-refractivity contribution in [2.24, 2.45) is 0 Å². The molecule has 1 heterocycles. The summed E-state index contributed by atoms with van der Waals surface area (Å²) in [6.07, 6.45) is 1.59. The summed E-state index contributed by atoms with van der Waals surface area (Å²) in [4.78, 5) is 7.37. The largest absolute Gasteiger partial charge is 0.333 e. The van der Waals surface area contributed by atoms with Gasteiger partial charge in [0.1, 0.15) is 0 Å². The highest BCUT2D eigenvalue weighted by Crippen LogP contribution is 2.12. The molecule has 0 bridgehead atoms. The molecule has 0 radical (unpaired) electrons. The first-order valence-electron chi connectivity index (χ1n) is 3.72. The van der Waals surface area contributed by atoms with E-state index < -0.39 is 0 Å². The van der Waals surface area contributed by atoms with E-state index in [2.05, 4.69) is 21.9 Å². The third-order valence-electron chi connectivity index (χ3n) is 1.63. The van der Waals surface area contributed by atoms with Crippen molar-refractivity contribution >= 4 is 17.0 Å². The number of imidazole rings is 1. The minimum Gasteiger partial charge on any atom is -0.333 e. The van der Waals surface area contributed by atoms with Crippen molar-refractivity contribution in [3.05, 3.63) is 37.0 Å². The third kappa shape index (κ3) is 1.05. The minimum atomic E-state index is 0.728. The molecule has 1 aromatic heterocycles. The van der Waals surface area contributed by atoms with Crippen molar-refractivity contribution in [1.29, 1.82) is 0 Å². The predicted octanol–water partition coefficient (Wildman–Crippen LogP) is 2.12. The number of hydrogen-bond donors (Lipinski definition) is 2. The zero-order valence-electron chi connectivity index (χ0n) is 6.54. The summed E-state index contributed by atoms with van der Waals surface area (Å²) in [5.74, 6) is 0.728. The summed E-state index contributed by atoms with van der Waals surface area (Å²) >= 11 is 0. The van der Waals surface area contributed by atoms with Crippen molar-refractivity contribution in [2.75, 3.05) is 5.32 Å². The molecule has 2 aromatic rings. The Morgan fingerprint density at radius 2 is 2.25 bits per heavy atom. The highest BCUT2D eigenvalue weighted by atomic mass is 15.1. The number of hydrogen-bond acceptors (Lipinski definition) is 2. The first-order chi connectivity index (χ1) is 5.90. The van der Waals surface area contributed by atoms with Crippen LogP contribution in [0.4, 0.5) is 5.95 Å². The number of aromatic nitrogens is 2. The monoisotopic (exact) mass is 159 g/mol. The van der Waals surface area contributed by atoms with Crippen molar-refractivity contribution < 1.29 is 0 Å². The molecular formula is C9H9N3. The quantitative estimate of drug-likeness (QED) is 0.704. The van der Waals surface area contributed by atoms with Gasteiger partial charge in [-0.3, -0.25) is 0 Å². The highest BCUT2D eigenvalue weighted by Gasteiger charge is 1.97. The van der Waals surface area contributed by atoms with Gasteiger partial charge in [-0.15, -0.1) is 0 Å². The molecule has 2 N–H and O–H groups in total. The van der Waals surface area contributed by atoms with E-state index in [9.17, 15) is 0 Å². The second-order valence-electron chi connectivity index (χ2n) is 2.45. The summed E-state index contributed by atoms with van der Waals surface area (Å²) in [6, 6.07) is 7.87. The molecule has 0 aliphatic rings. The van der Waals surface area contributed by atoms with Crippen LogP contribution in [-0.4, -0.2) is 9.97 Å². The lowest BCUT2D eigenvalue weighted by atomic mass is 10.3. The Bertz CT molecular complexity index is 370. The summed E-state index contributed by atoms with van der Waals surface area (Å²) in [5, 5.41) is 2.89. The topological polar surface area (TPSA) is 40.7 Å². The fraction of sp³-hybridized carbons (Fsp3) is 0. The van der Waals surface area contributed by atoms with E-state index in [0.717, 1.165) is 17.0 Å². The van der Waals surface area contributed by atoms with Gasteiger partial charge in [-0.1, -0.05) is 18.7 Å². The Hall–Kier alpha value is -1.77. The fourth-order valence-corrected chi connectivity index (χ4v) is 1.12. The van der Waals surface area contributed by atoms with E-state index in [0.29, 0.717) is 0 Å². The molecule has 0 aliphatic heterocycles. The van der Waals surface area contributed by atoms with Gasteiger partial charge >= 0.3 is 0 Å². The lowest BCUT2D eigenvalue weighted by molar-refractivity contribution is 1.31. The van der Waals surface area contributed by atoms with Crippen LogP contribution in [0, 0.1) is 0 Å². The number of para-hydroxylation sites is 2. The molecule has 3 heteroatoms. The van der Waals surface area contributed by atoms with Crippen LogP contribution in [0.1, 0.15) is 0 Å². The van der Waals surface area contributed by atoms with Crippen molar-refractivity contribution in [1.82, 2.24) is 9.97 Å². The van der Waals surface area contributed by atoms with Crippen LogP contribution in [0.3, 0.4) is 0 Å². The van der Waals surface area contributed by atoms with Gasteiger partial charge in [0.15, 0.2) is 0 Å². The van der Waals surface area contributed by atoms with Crippen molar-refractivity contribution in [3.63, 3.8) is 0 Å². The molecule has 0 spiro atoms. The molecule has 0 atom stereocenters. The molecule has 0 saturated heterocycles. The van der Waals surface area contributed by atoms with Gasteiger partial charge in [0, 0.05) is 0 Å². The number of rotatable bonds is 2. The molecule has 60 valence electrons. The normalized spacial score (nSPS) is 10.0. The van der Waals surface area contributed by atoms with Crippen LogP contribution in [-0.2, 0) is 0 Å². The number of H-pyrrole nitrogens is 1. The zero-order chi connectivity index (χ0) is 8.39. The second-order valence-corrected chi connectivity index (χ2v) is 2.45. The molecule has 1 aromatic carbocycles. The van der Waals surface area contributed by atoms with Crippen LogP contribution in [0.5, 0.6) is 0 Å². The second kappa shape index (κ2) is 2.70. The van der Waals surface area contributed by atoms with Gasteiger partial charge in [-0.25, -0.2) is 4.98 Å². The summed E-state index contributed by atoms with van der Waals surface area (Å²) in [7, 11) is 0. The van der Waals surface area contributed by atoms with Crippen LogP contribution in [0.2, 0.25) is 0 Å². The first kappa shape index (κ1) is 6.91. The number of aromatic amines is 1. The molecule has 0 unspecified atom stereocenters. The van der Waals surface area contributed by atoms with E-state index >= 15 is 0 Å². The SMILES string of the molecule is C=CNc1nc2ccccc2[nH]1. The Kier molecular flexibility index (Phi) is 1.55.